The van der Waals surface area contributed by atoms with Gasteiger partial charge in [-0.3, -0.25) is 9.91 Å². The maximum absolute atomic E-state index is 10.6. The molecular formula is C23H33N5O4. The number of rotatable bonds is 8. The van der Waals surface area contributed by atoms with Crippen molar-refractivity contribution >= 4 is 17.9 Å². The number of nitrogens with zero attached hydrogens (tertiary/aromatic N) is 5. The Kier molecular flexibility index (Phi) is 7.72. The van der Waals surface area contributed by atoms with Crippen LogP contribution in [0, 0.1) is 0 Å². The van der Waals surface area contributed by atoms with E-state index in [4.69, 9.17) is 14.7 Å². The maximum atomic E-state index is 10.6. The first-order valence-electron chi connectivity index (χ1n) is 11.4. The normalized spacial score (nSPS) is 23.5. The van der Waals surface area contributed by atoms with Gasteiger partial charge in [-0.15, -0.1) is 0 Å². The van der Waals surface area contributed by atoms with Gasteiger partial charge in [-0.1, -0.05) is 29.4 Å². The predicted molar refractivity (Wildman–Crippen MR) is 122 cm³/mol. The molecule has 3 aliphatic rings. The van der Waals surface area contributed by atoms with Crippen molar-refractivity contribution in [1.29, 1.82) is 0 Å². The average Bonchev–Trinajstić information content (AvgIpc) is 3.27. The van der Waals surface area contributed by atoms with Gasteiger partial charge in [0, 0.05) is 52.2 Å². The minimum absolute atomic E-state index is 0.0389. The molecule has 2 saturated heterocycles. The van der Waals surface area contributed by atoms with E-state index in [-0.39, 0.29) is 18.8 Å². The van der Waals surface area contributed by atoms with Crippen molar-refractivity contribution in [2.75, 3.05) is 59.5 Å². The van der Waals surface area contributed by atoms with Crippen molar-refractivity contribution in [1.82, 2.24) is 14.8 Å². The summed E-state index contributed by atoms with van der Waals surface area (Å²) in [7, 11) is 2.14. The highest BCUT2D eigenvalue weighted by molar-refractivity contribution is 6.01. The highest BCUT2D eigenvalue weighted by atomic mass is 16.6. The maximum Gasteiger partial charge on any atom is 0.329 e. The highest BCUT2D eigenvalue weighted by Crippen LogP contribution is 2.20. The third kappa shape index (κ3) is 6.51. The van der Waals surface area contributed by atoms with Gasteiger partial charge in [0.25, 0.3) is 0 Å². The van der Waals surface area contributed by atoms with Crippen molar-refractivity contribution in [2.24, 2.45) is 10.3 Å². The van der Waals surface area contributed by atoms with Gasteiger partial charge in [-0.25, -0.2) is 4.79 Å². The molecule has 0 aromatic heterocycles. The molecule has 9 heteroatoms. The largest absolute Gasteiger partial charge is 0.480 e. The topological polar surface area (TPSA) is 90.2 Å². The Bertz CT molecular complexity index is 812. The molecule has 174 valence electrons. The second kappa shape index (κ2) is 10.9. The monoisotopic (exact) mass is 443 g/mol. The number of oxime groups is 1. The number of hydrazone groups is 1. The number of hydrogen-bond donors (Lipinski definition) is 1. The highest BCUT2D eigenvalue weighted by Gasteiger charge is 2.27. The number of likely N-dealkylation sites (N-methyl/N-ethyl adjacent to an activating group) is 1. The molecular weight excluding hydrogens is 410 g/mol. The summed E-state index contributed by atoms with van der Waals surface area (Å²) in [6.45, 7) is 6.42. The fraction of sp³-hybridized carbons (Fsp3) is 0.609. The van der Waals surface area contributed by atoms with E-state index in [1.165, 1.54) is 0 Å². The second-order valence-corrected chi connectivity index (χ2v) is 8.80. The summed E-state index contributed by atoms with van der Waals surface area (Å²) in [6, 6.07) is 8.32. The molecule has 4 rings (SSSR count). The zero-order chi connectivity index (χ0) is 22.3. The number of piperidine rings is 1. The second-order valence-electron chi connectivity index (χ2n) is 8.80. The van der Waals surface area contributed by atoms with E-state index in [0.29, 0.717) is 0 Å². The van der Waals surface area contributed by atoms with Crippen molar-refractivity contribution in [3.8, 4) is 0 Å². The van der Waals surface area contributed by atoms with Crippen LogP contribution in [0.4, 0.5) is 0 Å². The van der Waals surface area contributed by atoms with Gasteiger partial charge in [-0.2, -0.15) is 5.10 Å². The summed E-state index contributed by atoms with van der Waals surface area (Å²) in [5.74, 6) is -0.910. The fourth-order valence-corrected chi connectivity index (χ4v) is 4.25. The molecule has 32 heavy (non-hydrogen) atoms. The van der Waals surface area contributed by atoms with Crippen LogP contribution in [-0.2, 0) is 14.4 Å². The number of piperazine rings is 1. The first kappa shape index (κ1) is 22.7. The molecule has 1 aromatic rings. The van der Waals surface area contributed by atoms with Gasteiger partial charge in [0.2, 0.25) is 0 Å². The number of ether oxygens (including phenoxy) is 1. The van der Waals surface area contributed by atoms with Crippen molar-refractivity contribution in [3.63, 3.8) is 0 Å². The Morgan fingerprint density at radius 1 is 1.19 bits per heavy atom. The van der Waals surface area contributed by atoms with Crippen LogP contribution in [0.5, 0.6) is 0 Å². The van der Waals surface area contributed by atoms with E-state index >= 15 is 0 Å². The van der Waals surface area contributed by atoms with Gasteiger partial charge in [-0.05, 0) is 31.0 Å². The molecule has 0 spiro atoms. The predicted octanol–water partition coefficient (Wildman–Crippen LogP) is 1.33. The van der Waals surface area contributed by atoms with Crippen LogP contribution in [0.1, 0.15) is 30.4 Å². The Hall–Kier alpha value is -2.49. The zero-order valence-electron chi connectivity index (χ0n) is 18.7. The van der Waals surface area contributed by atoms with E-state index in [9.17, 15) is 4.79 Å². The molecule has 3 aliphatic heterocycles. The molecule has 1 N–H and O–H groups in total. The lowest BCUT2D eigenvalue weighted by Gasteiger charge is -2.32. The standard InChI is InChI=1S/C23H33N5O4/c1-26-10-12-28(13-11-26)24-15-18-2-4-19(5-3-18)22-14-21(32-25-22)16-27-8-6-20(7-9-27)31-17-23(29)30/h2-5,15,20-21H,6-14,16-17H2,1H3,(H,29,30)/b24-15+. The van der Waals surface area contributed by atoms with E-state index in [0.717, 1.165) is 81.9 Å². The molecule has 0 aliphatic carbocycles. The van der Waals surface area contributed by atoms with Crippen LogP contribution in [0.2, 0.25) is 0 Å². The molecule has 9 nitrogen and oxygen atoms in total. The SMILES string of the molecule is CN1CCN(/N=C/c2ccc(C3=NOC(CN4CCC(OCC(=O)O)CC4)C3)cc2)CC1. The van der Waals surface area contributed by atoms with Crippen LogP contribution < -0.4 is 0 Å². The summed E-state index contributed by atoms with van der Waals surface area (Å²) in [5, 5.41) is 19.8. The van der Waals surface area contributed by atoms with Gasteiger partial charge >= 0.3 is 5.97 Å². The summed E-state index contributed by atoms with van der Waals surface area (Å²) < 4.78 is 5.41. The Morgan fingerprint density at radius 3 is 2.59 bits per heavy atom. The summed E-state index contributed by atoms with van der Waals surface area (Å²) in [6.07, 6.45) is 4.52. The van der Waals surface area contributed by atoms with Gasteiger partial charge in [0.15, 0.2) is 0 Å². The Balaban J connectivity index is 1.19. The number of likely N-dealkylation sites (tertiary alicyclic amines) is 1. The summed E-state index contributed by atoms with van der Waals surface area (Å²) >= 11 is 0. The Labute approximate surface area is 189 Å². The first-order chi connectivity index (χ1) is 15.5. The van der Waals surface area contributed by atoms with Gasteiger partial charge in [0.05, 0.1) is 18.0 Å². The van der Waals surface area contributed by atoms with Crippen molar-refractivity contribution < 1.29 is 19.5 Å². The lowest BCUT2D eigenvalue weighted by molar-refractivity contribution is -0.145. The molecule has 1 aromatic carbocycles. The third-order valence-corrected chi connectivity index (χ3v) is 6.27. The minimum Gasteiger partial charge on any atom is -0.480 e. The van der Waals surface area contributed by atoms with Crippen LogP contribution in [0.15, 0.2) is 34.5 Å². The van der Waals surface area contributed by atoms with Crippen LogP contribution in [0.25, 0.3) is 0 Å². The number of hydrogen-bond acceptors (Lipinski definition) is 8. The molecule has 2 fully saturated rings. The van der Waals surface area contributed by atoms with E-state index in [1.54, 1.807) is 0 Å². The average molecular weight is 444 g/mol. The van der Waals surface area contributed by atoms with Gasteiger partial charge in [0.1, 0.15) is 12.7 Å². The van der Waals surface area contributed by atoms with Crippen molar-refractivity contribution in [2.45, 2.75) is 31.5 Å². The van der Waals surface area contributed by atoms with Gasteiger partial charge < -0.3 is 19.6 Å². The molecule has 0 saturated carbocycles. The molecule has 0 radical (unpaired) electrons. The summed E-state index contributed by atoms with van der Waals surface area (Å²) in [5.41, 5.74) is 3.15. The Morgan fingerprint density at radius 2 is 1.91 bits per heavy atom. The minimum atomic E-state index is -0.910. The lowest BCUT2D eigenvalue weighted by atomic mass is 10.0. The molecule has 1 unspecified atom stereocenters. The van der Waals surface area contributed by atoms with E-state index in [1.807, 2.05) is 6.21 Å². The number of carboxylic acids is 1. The molecule has 0 amide bonds. The number of aliphatic carboxylic acids is 1. The smallest absolute Gasteiger partial charge is 0.329 e. The number of carbonyl (C=O) groups is 1. The van der Waals surface area contributed by atoms with Crippen molar-refractivity contribution in [3.05, 3.63) is 35.4 Å². The third-order valence-electron chi connectivity index (χ3n) is 6.27. The molecule has 0 bridgehead atoms. The lowest BCUT2D eigenvalue weighted by Crippen LogP contribution is -2.41. The number of carboxylic acid groups (broad SMARTS) is 1. The van der Waals surface area contributed by atoms with Crippen LogP contribution >= 0.6 is 0 Å². The first-order valence-corrected chi connectivity index (χ1v) is 11.4. The quantitative estimate of drug-likeness (QED) is 0.606. The van der Waals surface area contributed by atoms with Crippen LogP contribution in [-0.4, -0.2) is 109 Å². The zero-order valence-corrected chi connectivity index (χ0v) is 18.7. The fourth-order valence-electron chi connectivity index (χ4n) is 4.25. The molecule has 1 atom stereocenters. The van der Waals surface area contributed by atoms with Crippen LogP contribution in [0.3, 0.4) is 0 Å². The molecule has 3 heterocycles. The van der Waals surface area contributed by atoms with E-state index < -0.39 is 5.97 Å². The number of benzene rings is 1. The summed E-state index contributed by atoms with van der Waals surface area (Å²) in [4.78, 5) is 21.0. The van der Waals surface area contributed by atoms with E-state index in [2.05, 4.69) is 56.4 Å².